The highest BCUT2D eigenvalue weighted by Gasteiger charge is 2.36. The van der Waals surface area contributed by atoms with Crippen LogP contribution in [0.25, 0.3) is 0 Å². The standard InChI is InChI=1S/C25H23ClN2O4/c1-15-5-4-6-16(9-15)13-27-24(31)21-10-17-7-2-3-8-18(17)14-28(21)25(32)19-11-20(26)23(30)12-22(19)29/h2-9,11-12,21,29-30H,10,13-14H2,1H3,(H,27,31)/t21-/m1/s1. The van der Waals surface area contributed by atoms with Gasteiger partial charge in [-0.2, -0.15) is 0 Å². The zero-order valence-electron chi connectivity index (χ0n) is 17.5. The van der Waals surface area contributed by atoms with Crippen molar-refractivity contribution in [2.45, 2.75) is 32.5 Å². The predicted octanol–water partition coefficient (Wildman–Crippen LogP) is 3.94. The smallest absolute Gasteiger partial charge is 0.258 e. The number of hydrogen-bond donors (Lipinski definition) is 3. The van der Waals surface area contributed by atoms with Gasteiger partial charge >= 0.3 is 0 Å². The minimum absolute atomic E-state index is 0.0518. The fraction of sp³-hybridized carbons (Fsp3) is 0.200. The molecule has 7 heteroatoms. The van der Waals surface area contributed by atoms with Crippen LogP contribution in [-0.2, 0) is 24.3 Å². The Morgan fingerprint density at radius 2 is 1.78 bits per heavy atom. The van der Waals surface area contributed by atoms with Gasteiger partial charge in [0.1, 0.15) is 17.5 Å². The topological polar surface area (TPSA) is 89.9 Å². The Morgan fingerprint density at radius 1 is 1.03 bits per heavy atom. The Hall–Kier alpha value is -3.51. The summed E-state index contributed by atoms with van der Waals surface area (Å²) >= 11 is 5.97. The highest BCUT2D eigenvalue weighted by Crippen LogP contribution is 2.33. The van der Waals surface area contributed by atoms with E-state index in [9.17, 15) is 19.8 Å². The van der Waals surface area contributed by atoms with Gasteiger partial charge < -0.3 is 20.4 Å². The Labute approximate surface area is 191 Å². The van der Waals surface area contributed by atoms with Gasteiger partial charge in [-0.15, -0.1) is 0 Å². The van der Waals surface area contributed by atoms with Crippen LogP contribution in [0.15, 0.2) is 60.7 Å². The zero-order valence-corrected chi connectivity index (χ0v) is 18.3. The number of nitrogens with one attached hydrogen (secondary N) is 1. The third-order valence-electron chi connectivity index (χ3n) is 5.66. The summed E-state index contributed by atoms with van der Waals surface area (Å²) in [7, 11) is 0. The van der Waals surface area contributed by atoms with Gasteiger partial charge in [0.05, 0.1) is 10.6 Å². The molecule has 1 heterocycles. The van der Waals surface area contributed by atoms with Gasteiger partial charge in [0, 0.05) is 25.6 Å². The van der Waals surface area contributed by atoms with Crippen molar-refractivity contribution in [2.75, 3.05) is 0 Å². The summed E-state index contributed by atoms with van der Waals surface area (Å²) in [6.45, 7) is 2.55. The van der Waals surface area contributed by atoms with Crippen molar-refractivity contribution >= 4 is 23.4 Å². The third kappa shape index (κ3) is 4.41. The highest BCUT2D eigenvalue weighted by atomic mass is 35.5. The summed E-state index contributed by atoms with van der Waals surface area (Å²) in [5.74, 6) is -1.53. The Kier molecular flexibility index (Phi) is 6.06. The zero-order chi connectivity index (χ0) is 22.8. The lowest BCUT2D eigenvalue weighted by Crippen LogP contribution is -2.52. The molecule has 2 amide bonds. The normalized spacial score (nSPS) is 15.2. The van der Waals surface area contributed by atoms with Gasteiger partial charge in [-0.05, 0) is 29.7 Å². The number of nitrogens with zero attached hydrogens (tertiary/aromatic N) is 1. The number of halogens is 1. The van der Waals surface area contributed by atoms with Crippen molar-refractivity contribution in [3.63, 3.8) is 0 Å². The molecule has 0 aliphatic carbocycles. The molecule has 0 radical (unpaired) electrons. The van der Waals surface area contributed by atoms with E-state index in [-0.39, 0.29) is 28.8 Å². The quantitative estimate of drug-likeness (QED) is 0.561. The molecule has 3 aromatic rings. The maximum Gasteiger partial charge on any atom is 0.258 e. The molecule has 3 aromatic carbocycles. The lowest BCUT2D eigenvalue weighted by molar-refractivity contribution is -0.126. The number of benzene rings is 3. The second-order valence-electron chi connectivity index (χ2n) is 7.95. The number of phenolic OH excluding ortho intramolecular Hbond substituents is 2. The van der Waals surface area contributed by atoms with Crippen LogP contribution < -0.4 is 5.32 Å². The molecule has 0 fully saturated rings. The number of aryl methyl sites for hydroxylation is 1. The van der Waals surface area contributed by atoms with Crippen molar-refractivity contribution in [1.29, 1.82) is 0 Å². The molecule has 164 valence electrons. The van der Waals surface area contributed by atoms with Crippen molar-refractivity contribution in [3.05, 3.63) is 93.5 Å². The van der Waals surface area contributed by atoms with Gasteiger partial charge in [0.15, 0.2) is 0 Å². The van der Waals surface area contributed by atoms with Crippen LogP contribution in [0.2, 0.25) is 5.02 Å². The molecule has 1 aliphatic rings. The monoisotopic (exact) mass is 450 g/mol. The first-order chi connectivity index (χ1) is 15.3. The van der Waals surface area contributed by atoms with E-state index in [1.54, 1.807) is 0 Å². The van der Waals surface area contributed by atoms with Crippen LogP contribution >= 0.6 is 11.6 Å². The minimum atomic E-state index is -0.755. The average Bonchev–Trinajstić information content (AvgIpc) is 2.78. The van der Waals surface area contributed by atoms with E-state index in [1.807, 2.05) is 55.5 Å². The van der Waals surface area contributed by atoms with Crippen LogP contribution in [0.5, 0.6) is 11.5 Å². The fourth-order valence-corrected chi connectivity index (χ4v) is 4.14. The molecule has 0 spiro atoms. The van der Waals surface area contributed by atoms with Crippen LogP contribution in [-0.4, -0.2) is 33.0 Å². The first-order valence-corrected chi connectivity index (χ1v) is 10.6. The van der Waals surface area contributed by atoms with Crippen molar-refractivity contribution in [2.24, 2.45) is 0 Å². The maximum atomic E-state index is 13.4. The fourth-order valence-electron chi connectivity index (χ4n) is 3.98. The number of rotatable bonds is 4. The van der Waals surface area contributed by atoms with E-state index in [1.165, 1.54) is 11.0 Å². The summed E-state index contributed by atoms with van der Waals surface area (Å²) in [5, 5.41) is 22.8. The summed E-state index contributed by atoms with van der Waals surface area (Å²) in [4.78, 5) is 28.0. The number of carbonyl (C=O) groups excluding carboxylic acids is 2. The molecular weight excluding hydrogens is 428 g/mol. The van der Waals surface area contributed by atoms with E-state index in [2.05, 4.69) is 5.32 Å². The van der Waals surface area contributed by atoms with Gasteiger partial charge in [-0.25, -0.2) is 0 Å². The van der Waals surface area contributed by atoms with E-state index in [0.29, 0.717) is 13.0 Å². The first-order valence-electron chi connectivity index (χ1n) is 10.3. The lowest BCUT2D eigenvalue weighted by atomic mass is 9.92. The van der Waals surface area contributed by atoms with Gasteiger partial charge in [0.2, 0.25) is 5.91 Å². The van der Waals surface area contributed by atoms with Gasteiger partial charge in [-0.3, -0.25) is 9.59 Å². The molecule has 0 saturated heterocycles. The molecule has 32 heavy (non-hydrogen) atoms. The van der Waals surface area contributed by atoms with Crippen LogP contribution in [0.1, 0.15) is 32.6 Å². The van der Waals surface area contributed by atoms with Crippen LogP contribution in [0.3, 0.4) is 0 Å². The number of carbonyl (C=O) groups is 2. The Morgan fingerprint density at radius 3 is 2.53 bits per heavy atom. The molecule has 0 aromatic heterocycles. The number of phenols is 2. The van der Waals surface area contributed by atoms with Crippen LogP contribution in [0.4, 0.5) is 0 Å². The largest absolute Gasteiger partial charge is 0.507 e. The molecule has 1 atom stereocenters. The summed E-state index contributed by atoms with van der Waals surface area (Å²) in [6, 6.07) is 17.0. The van der Waals surface area contributed by atoms with Crippen molar-refractivity contribution in [3.8, 4) is 11.5 Å². The molecular formula is C25H23ClN2O4. The Bertz CT molecular complexity index is 1190. The number of amides is 2. The van der Waals surface area contributed by atoms with E-state index >= 15 is 0 Å². The second-order valence-corrected chi connectivity index (χ2v) is 8.36. The number of aromatic hydroxyl groups is 2. The molecule has 6 nitrogen and oxygen atoms in total. The van der Waals surface area contributed by atoms with Gasteiger partial charge in [0.25, 0.3) is 5.91 Å². The minimum Gasteiger partial charge on any atom is -0.507 e. The summed E-state index contributed by atoms with van der Waals surface area (Å²) in [5.41, 5.74) is 3.94. The molecule has 1 aliphatic heterocycles. The summed E-state index contributed by atoms with van der Waals surface area (Å²) < 4.78 is 0. The van der Waals surface area contributed by atoms with E-state index in [0.717, 1.165) is 28.3 Å². The molecule has 0 unspecified atom stereocenters. The SMILES string of the molecule is Cc1cccc(CNC(=O)[C@H]2Cc3ccccc3CN2C(=O)c2cc(Cl)c(O)cc2O)c1. The molecule has 4 rings (SSSR count). The van der Waals surface area contributed by atoms with Crippen molar-refractivity contribution < 1.29 is 19.8 Å². The average molecular weight is 451 g/mol. The predicted molar refractivity (Wildman–Crippen MR) is 122 cm³/mol. The lowest BCUT2D eigenvalue weighted by Gasteiger charge is -2.36. The molecule has 0 saturated carbocycles. The molecule has 0 bridgehead atoms. The highest BCUT2D eigenvalue weighted by molar-refractivity contribution is 6.32. The van der Waals surface area contributed by atoms with E-state index < -0.39 is 17.7 Å². The summed E-state index contributed by atoms with van der Waals surface area (Å²) in [6.07, 6.45) is 0.355. The van der Waals surface area contributed by atoms with Crippen LogP contribution in [0, 0.1) is 6.92 Å². The second kappa shape index (κ2) is 8.93. The molecule has 3 N–H and O–H groups in total. The first kappa shape index (κ1) is 21.7. The third-order valence-corrected chi connectivity index (χ3v) is 5.96. The van der Waals surface area contributed by atoms with Crippen molar-refractivity contribution in [1.82, 2.24) is 10.2 Å². The number of fused-ring (bicyclic) bond motifs is 1. The Balaban J connectivity index is 1.63. The van der Waals surface area contributed by atoms with Gasteiger partial charge in [-0.1, -0.05) is 65.7 Å². The van der Waals surface area contributed by atoms with E-state index in [4.69, 9.17) is 11.6 Å². The maximum absolute atomic E-state index is 13.4. The number of hydrogen-bond acceptors (Lipinski definition) is 4.